The van der Waals surface area contributed by atoms with Crippen molar-refractivity contribution in [1.29, 1.82) is 0 Å². The number of aryl methyl sites for hydroxylation is 6. The molecule has 4 nitrogen and oxygen atoms in total. The van der Waals surface area contributed by atoms with Gasteiger partial charge < -0.3 is 8.98 Å². The first-order valence-electron chi connectivity index (χ1n) is 16.9. The molecular formula is C40H44BN3O. The van der Waals surface area contributed by atoms with Crippen LogP contribution in [0.15, 0.2) is 71.4 Å². The molecule has 4 saturated carbocycles. The second-order valence-corrected chi connectivity index (χ2v) is 14.9. The van der Waals surface area contributed by atoms with Crippen molar-refractivity contribution in [3.05, 3.63) is 100 Å². The van der Waals surface area contributed by atoms with E-state index in [2.05, 4.69) is 107 Å². The third-order valence-electron chi connectivity index (χ3n) is 11.4. The van der Waals surface area contributed by atoms with Gasteiger partial charge in [-0.25, -0.2) is 9.97 Å². The third kappa shape index (κ3) is 4.73. The van der Waals surface area contributed by atoms with E-state index in [1.165, 1.54) is 88.4 Å². The van der Waals surface area contributed by atoms with Gasteiger partial charge in [-0.15, -0.1) is 0 Å². The molecular weight excluding hydrogens is 549 g/mol. The fourth-order valence-corrected chi connectivity index (χ4v) is 10.4. The molecule has 0 unspecified atom stereocenters. The molecule has 4 fully saturated rings. The van der Waals surface area contributed by atoms with Gasteiger partial charge in [0.15, 0.2) is 11.6 Å². The lowest BCUT2D eigenvalue weighted by molar-refractivity contribution is -0.0415. The van der Waals surface area contributed by atoms with Crippen LogP contribution in [0.2, 0.25) is 0 Å². The van der Waals surface area contributed by atoms with Crippen LogP contribution in [-0.2, 0) is 5.54 Å². The SMILES string of the molecule is Cc1cc(C)c(B(c2ncc(-c3cnc(-c4ccccc4)n3C34CC5CC(CC(C5)C3)C4)o2)c2c(C)cc(C)cc2C)c(C)c1. The van der Waals surface area contributed by atoms with Crippen molar-refractivity contribution in [2.24, 2.45) is 17.8 Å². The molecule has 0 spiro atoms. The average Bonchev–Trinajstić information content (AvgIpc) is 3.63. The molecule has 5 aromatic rings. The van der Waals surface area contributed by atoms with E-state index >= 15 is 0 Å². The first-order valence-corrected chi connectivity index (χ1v) is 16.9. The van der Waals surface area contributed by atoms with Crippen LogP contribution in [0.3, 0.4) is 0 Å². The molecule has 0 radical (unpaired) electrons. The smallest absolute Gasteiger partial charge is 0.314 e. The highest BCUT2D eigenvalue weighted by molar-refractivity contribution is 6.95. The van der Waals surface area contributed by atoms with E-state index in [1.54, 1.807) is 0 Å². The van der Waals surface area contributed by atoms with Crippen molar-refractivity contribution in [3.8, 4) is 22.8 Å². The van der Waals surface area contributed by atoms with E-state index in [1.807, 2.05) is 6.20 Å². The summed E-state index contributed by atoms with van der Waals surface area (Å²) < 4.78 is 9.61. The van der Waals surface area contributed by atoms with Crippen molar-refractivity contribution in [2.75, 3.05) is 0 Å². The predicted octanol–water partition coefficient (Wildman–Crippen LogP) is 7.50. The van der Waals surface area contributed by atoms with Crippen LogP contribution in [0.1, 0.15) is 71.9 Å². The van der Waals surface area contributed by atoms with Crippen molar-refractivity contribution in [1.82, 2.24) is 14.5 Å². The van der Waals surface area contributed by atoms with Crippen molar-refractivity contribution < 1.29 is 4.42 Å². The van der Waals surface area contributed by atoms with Crippen molar-refractivity contribution in [2.45, 2.75) is 85.6 Å². The van der Waals surface area contributed by atoms with E-state index in [-0.39, 0.29) is 12.3 Å². The van der Waals surface area contributed by atoms with Crippen LogP contribution in [0.4, 0.5) is 0 Å². The maximum absolute atomic E-state index is 7.00. The number of rotatable bonds is 6. The molecule has 4 aliphatic carbocycles. The summed E-state index contributed by atoms with van der Waals surface area (Å²) in [6.07, 6.45) is 12.0. The number of oxazole rings is 1. The molecule has 0 amide bonds. The largest absolute Gasteiger partial charge is 0.448 e. The highest BCUT2D eigenvalue weighted by Gasteiger charge is 2.53. The van der Waals surface area contributed by atoms with Gasteiger partial charge in [0.25, 0.3) is 0 Å². The summed E-state index contributed by atoms with van der Waals surface area (Å²) in [5.74, 6) is 5.12. The number of imidazole rings is 1. The number of aromatic nitrogens is 3. The topological polar surface area (TPSA) is 43.9 Å². The molecule has 45 heavy (non-hydrogen) atoms. The van der Waals surface area contributed by atoms with Crippen LogP contribution in [0.25, 0.3) is 22.8 Å². The number of hydrogen-bond donors (Lipinski definition) is 0. The predicted molar refractivity (Wildman–Crippen MR) is 185 cm³/mol. The summed E-state index contributed by atoms with van der Waals surface area (Å²) in [5, 5.41) is 0. The Labute approximate surface area is 268 Å². The van der Waals surface area contributed by atoms with Crippen LogP contribution in [0, 0.1) is 59.3 Å². The molecule has 228 valence electrons. The Morgan fingerprint density at radius 2 is 1.20 bits per heavy atom. The zero-order valence-electron chi connectivity index (χ0n) is 27.7. The van der Waals surface area contributed by atoms with Crippen LogP contribution < -0.4 is 16.7 Å². The highest BCUT2D eigenvalue weighted by atomic mass is 16.3. The Balaban J connectivity index is 1.31. The highest BCUT2D eigenvalue weighted by Crippen LogP contribution is 2.60. The Hall–Kier alpha value is -3.86. The lowest BCUT2D eigenvalue weighted by Gasteiger charge is -2.57. The second-order valence-electron chi connectivity index (χ2n) is 14.9. The van der Waals surface area contributed by atoms with Crippen LogP contribution in [-0.4, -0.2) is 21.2 Å². The standard InChI is InChI=1S/C40H44BN3O/c1-24-12-26(3)36(27(4)13-24)41(37-28(5)14-25(2)15-29(37)6)39-43-23-35(45-39)34-22-42-38(33-10-8-7-9-11-33)44(34)40-19-30-16-31(20-40)18-32(17-30)21-40/h7-15,22-23,30-32H,16-21H2,1-6H3. The average molecular weight is 594 g/mol. The second kappa shape index (κ2) is 10.6. The Kier molecular flexibility index (Phi) is 6.74. The monoisotopic (exact) mass is 593 g/mol. The van der Waals surface area contributed by atoms with E-state index in [0.29, 0.717) is 0 Å². The van der Waals surface area contributed by atoms with Gasteiger partial charge in [0.1, 0.15) is 11.5 Å². The van der Waals surface area contributed by atoms with E-state index in [4.69, 9.17) is 14.4 Å². The molecule has 2 heterocycles. The van der Waals surface area contributed by atoms with Crippen molar-refractivity contribution >= 4 is 23.4 Å². The van der Waals surface area contributed by atoms with Gasteiger partial charge >= 0.3 is 6.71 Å². The molecule has 0 saturated heterocycles. The number of benzene rings is 3. The molecule has 0 aliphatic heterocycles. The normalized spacial score (nSPS) is 23.6. The molecule has 3 aromatic carbocycles. The quantitative estimate of drug-likeness (QED) is 0.192. The Morgan fingerprint density at radius 3 is 1.71 bits per heavy atom. The van der Waals surface area contributed by atoms with Gasteiger partial charge in [0, 0.05) is 11.1 Å². The summed E-state index contributed by atoms with van der Waals surface area (Å²) in [6, 6.07) is 20.0. The van der Waals surface area contributed by atoms with Crippen LogP contribution >= 0.6 is 0 Å². The van der Waals surface area contributed by atoms with E-state index in [0.717, 1.165) is 40.8 Å². The fourth-order valence-electron chi connectivity index (χ4n) is 10.4. The first-order chi connectivity index (χ1) is 21.7. The molecule has 4 aliphatic rings. The first kappa shape index (κ1) is 28.6. The lowest BCUT2D eigenvalue weighted by Crippen LogP contribution is -2.56. The number of hydrogen-bond acceptors (Lipinski definition) is 3. The summed E-state index contributed by atoms with van der Waals surface area (Å²) in [5.41, 5.74) is 12.6. The van der Waals surface area contributed by atoms with Gasteiger partial charge in [-0.2, -0.15) is 0 Å². The Bertz CT molecular complexity index is 1780. The Morgan fingerprint density at radius 1 is 0.689 bits per heavy atom. The summed E-state index contributed by atoms with van der Waals surface area (Å²) in [7, 11) is 0. The molecule has 5 heteroatoms. The molecule has 2 aromatic heterocycles. The lowest BCUT2D eigenvalue weighted by atomic mass is 9.37. The van der Waals surface area contributed by atoms with Gasteiger partial charge in [-0.3, -0.25) is 0 Å². The molecule has 4 bridgehead atoms. The van der Waals surface area contributed by atoms with Gasteiger partial charge in [-0.1, -0.05) is 98.9 Å². The van der Waals surface area contributed by atoms with Crippen LogP contribution in [0.5, 0.6) is 0 Å². The van der Waals surface area contributed by atoms with Crippen molar-refractivity contribution in [3.63, 3.8) is 0 Å². The third-order valence-corrected chi connectivity index (χ3v) is 11.4. The maximum atomic E-state index is 7.00. The molecule has 0 atom stereocenters. The minimum atomic E-state index is -0.0931. The zero-order valence-corrected chi connectivity index (χ0v) is 27.7. The van der Waals surface area contributed by atoms with Gasteiger partial charge in [0.05, 0.1) is 12.4 Å². The molecule has 9 rings (SSSR count). The summed E-state index contributed by atoms with van der Waals surface area (Å²) in [4.78, 5) is 10.3. The zero-order chi connectivity index (χ0) is 31.0. The summed E-state index contributed by atoms with van der Waals surface area (Å²) in [6.45, 7) is 13.2. The fraction of sp³-hybridized carbons (Fsp3) is 0.400. The minimum absolute atomic E-state index is 0.0897. The van der Waals surface area contributed by atoms with Gasteiger partial charge in [-0.05, 0) is 97.8 Å². The number of nitrogens with zero attached hydrogens (tertiary/aromatic N) is 3. The van der Waals surface area contributed by atoms with Gasteiger partial charge in [0.2, 0.25) is 0 Å². The summed E-state index contributed by atoms with van der Waals surface area (Å²) >= 11 is 0. The van der Waals surface area contributed by atoms with E-state index < -0.39 is 0 Å². The maximum Gasteiger partial charge on any atom is 0.314 e. The molecule has 0 N–H and O–H groups in total. The van der Waals surface area contributed by atoms with E-state index in [9.17, 15) is 0 Å². The minimum Gasteiger partial charge on any atom is -0.448 e.